The maximum Gasteiger partial charge on any atom is 0.227 e. The summed E-state index contributed by atoms with van der Waals surface area (Å²) in [4.78, 5) is 23.1. The lowest BCUT2D eigenvalue weighted by Gasteiger charge is -2.32. The molecular weight excluding hydrogens is 398 g/mol. The van der Waals surface area contributed by atoms with Gasteiger partial charge in [-0.05, 0) is 42.4 Å². The molecule has 2 aromatic carbocycles. The number of rotatable bonds is 6. The Bertz CT molecular complexity index is 1040. The van der Waals surface area contributed by atoms with Crippen LogP contribution in [-0.4, -0.2) is 36.0 Å². The summed E-state index contributed by atoms with van der Waals surface area (Å²) in [5.74, 6) is 2.16. The third-order valence-electron chi connectivity index (χ3n) is 6.20. The fourth-order valence-electron chi connectivity index (χ4n) is 4.40. The van der Waals surface area contributed by atoms with E-state index in [1.165, 1.54) is 5.56 Å². The van der Waals surface area contributed by atoms with Crippen LogP contribution < -0.4 is 15.5 Å². The number of anilines is 2. The molecule has 1 aromatic heterocycles. The van der Waals surface area contributed by atoms with E-state index in [4.69, 9.17) is 4.98 Å². The number of hydrogen-bond donors (Lipinski definition) is 2. The molecule has 1 fully saturated rings. The normalized spacial score (nSPS) is 15.3. The summed E-state index contributed by atoms with van der Waals surface area (Å²) in [5, 5.41) is 6.17. The van der Waals surface area contributed by atoms with Crippen molar-refractivity contribution in [2.45, 2.75) is 38.6 Å². The predicted octanol–water partition coefficient (Wildman–Crippen LogP) is 4.77. The molecule has 1 amide bonds. The third kappa shape index (κ3) is 4.90. The first-order valence-corrected chi connectivity index (χ1v) is 11.3. The van der Waals surface area contributed by atoms with Crippen LogP contribution in [0.5, 0.6) is 0 Å². The fraction of sp³-hybridized carbons (Fsp3) is 0.346. The van der Waals surface area contributed by atoms with Gasteiger partial charge in [0.1, 0.15) is 5.82 Å². The van der Waals surface area contributed by atoms with Gasteiger partial charge in [0, 0.05) is 38.8 Å². The van der Waals surface area contributed by atoms with Crippen molar-refractivity contribution in [1.29, 1.82) is 0 Å². The van der Waals surface area contributed by atoms with Crippen LogP contribution in [0, 0.1) is 0 Å². The van der Waals surface area contributed by atoms with Crippen LogP contribution in [0.15, 0.2) is 60.8 Å². The largest absolute Gasteiger partial charge is 0.372 e. The van der Waals surface area contributed by atoms with E-state index in [0.29, 0.717) is 5.92 Å². The van der Waals surface area contributed by atoms with Crippen molar-refractivity contribution in [3.05, 3.63) is 71.9 Å². The van der Waals surface area contributed by atoms with Crippen LogP contribution in [0.4, 0.5) is 11.8 Å². The second-order valence-electron chi connectivity index (χ2n) is 8.40. The van der Waals surface area contributed by atoms with Gasteiger partial charge in [0.05, 0.1) is 6.04 Å². The minimum Gasteiger partial charge on any atom is -0.372 e. The zero-order valence-electron chi connectivity index (χ0n) is 19.0. The first-order valence-electron chi connectivity index (χ1n) is 11.3. The Labute approximate surface area is 190 Å². The third-order valence-corrected chi connectivity index (χ3v) is 6.20. The average molecular weight is 430 g/mol. The predicted molar refractivity (Wildman–Crippen MR) is 130 cm³/mol. The number of aromatic nitrogens is 2. The minimum atomic E-state index is -0.00519. The molecule has 4 rings (SSSR count). The molecule has 166 valence electrons. The molecule has 0 bridgehead atoms. The molecule has 0 aliphatic carbocycles. The lowest BCUT2D eigenvalue weighted by molar-refractivity contribution is -0.119. The van der Waals surface area contributed by atoms with E-state index in [1.807, 2.05) is 38.4 Å². The van der Waals surface area contributed by atoms with Crippen LogP contribution in [-0.2, 0) is 4.79 Å². The molecule has 1 saturated heterocycles. The number of carbonyl (C=O) groups excluding carboxylic acids is 1. The SMILES string of the molecule is CNc1nc(N2CCC(c3ccc([C@H](C)NC(C)=O)cc3)CC2)ncc1-c1ccccc1. The van der Waals surface area contributed by atoms with Crippen molar-refractivity contribution < 1.29 is 4.79 Å². The number of carbonyl (C=O) groups is 1. The highest BCUT2D eigenvalue weighted by atomic mass is 16.1. The van der Waals surface area contributed by atoms with Crippen molar-refractivity contribution in [2.75, 3.05) is 30.4 Å². The maximum atomic E-state index is 11.3. The standard InChI is InChI=1S/C26H31N5O/c1-18(29-19(2)32)20-9-11-21(12-10-20)22-13-15-31(16-14-22)26-28-17-24(25(27-3)30-26)23-7-5-4-6-8-23/h4-12,17-18,22H,13-16H2,1-3H3,(H,29,32)(H,27,28,30)/t18-/m0/s1. The molecule has 6 heteroatoms. The molecule has 32 heavy (non-hydrogen) atoms. The van der Waals surface area contributed by atoms with Gasteiger partial charge in [-0.15, -0.1) is 0 Å². The van der Waals surface area contributed by atoms with Crippen molar-refractivity contribution in [3.8, 4) is 11.1 Å². The monoisotopic (exact) mass is 429 g/mol. The van der Waals surface area contributed by atoms with Gasteiger partial charge in [0.2, 0.25) is 11.9 Å². The average Bonchev–Trinajstić information content (AvgIpc) is 2.84. The molecule has 6 nitrogen and oxygen atoms in total. The van der Waals surface area contributed by atoms with Crippen LogP contribution in [0.25, 0.3) is 11.1 Å². The second-order valence-corrected chi connectivity index (χ2v) is 8.40. The van der Waals surface area contributed by atoms with E-state index in [0.717, 1.165) is 54.4 Å². The van der Waals surface area contributed by atoms with Crippen molar-refractivity contribution in [3.63, 3.8) is 0 Å². The molecule has 2 heterocycles. The number of piperidine rings is 1. The molecule has 0 saturated carbocycles. The molecule has 3 aromatic rings. The van der Waals surface area contributed by atoms with E-state index < -0.39 is 0 Å². The van der Waals surface area contributed by atoms with E-state index in [1.54, 1.807) is 6.92 Å². The lowest BCUT2D eigenvalue weighted by Crippen LogP contribution is -2.34. The Balaban J connectivity index is 1.41. The topological polar surface area (TPSA) is 70.2 Å². The van der Waals surface area contributed by atoms with Crippen LogP contribution >= 0.6 is 0 Å². The van der Waals surface area contributed by atoms with Gasteiger partial charge in [0.25, 0.3) is 0 Å². The first kappa shape index (κ1) is 21.8. The van der Waals surface area contributed by atoms with Gasteiger partial charge in [-0.1, -0.05) is 54.6 Å². The molecule has 0 unspecified atom stereocenters. The highest BCUT2D eigenvalue weighted by Gasteiger charge is 2.23. The highest BCUT2D eigenvalue weighted by Crippen LogP contribution is 2.32. The molecule has 1 atom stereocenters. The van der Waals surface area contributed by atoms with Crippen LogP contribution in [0.3, 0.4) is 0 Å². The summed E-state index contributed by atoms with van der Waals surface area (Å²) in [7, 11) is 1.90. The Morgan fingerprint density at radius 2 is 1.75 bits per heavy atom. The Hall–Kier alpha value is -3.41. The zero-order valence-corrected chi connectivity index (χ0v) is 19.0. The fourth-order valence-corrected chi connectivity index (χ4v) is 4.40. The zero-order chi connectivity index (χ0) is 22.5. The summed E-state index contributed by atoms with van der Waals surface area (Å²) < 4.78 is 0. The van der Waals surface area contributed by atoms with Crippen molar-refractivity contribution >= 4 is 17.7 Å². The quantitative estimate of drug-likeness (QED) is 0.591. The van der Waals surface area contributed by atoms with Crippen LogP contribution in [0.1, 0.15) is 49.8 Å². The first-order chi connectivity index (χ1) is 15.5. The van der Waals surface area contributed by atoms with E-state index in [2.05, 4.69) is 56.9 Å². The summed E-state index contributed by atoms with van der Waals surface area (Å²) in [6, 6.07) is 18.9. The number of hydrogen-bond acceptors (Lipinski definition) is 5. The Morgan fingerprint density at radius 3 is 2.38 bits per heavy atom. The van der Waals surface area contributed by atoms with Crippen molar-refractivity contribution in [2.24, 2.45) is 0 Å². The smallest absolute Gasteiger partial charge is 0.227 e. The summed E-state index contributed by atoms with van der Waals surface area (Å²) in [5.41, 5.74) is 4.62. The summed E-state index contributed by atoms with van der Waals surface area (Å²) in [6.07, 6.45) is 4.06. The Kier molecular flexibility index (Phi) is 6.69. The van der Waals surface area contributed by atoms with E-state index >= 15 is 0 Å². The lowest BCUT2D eigenvalue weighted by atomic mass is 9.88. The molecular formula is C26H31N5O. The van der Waals surface area contributed by atoms with Gasteiger partial charge in [0.15, 0.2) is 0 Å². The minimum absolute atomic E-state index is 0.00519. The van der Waals surface area contributed by atoms with Crippen molar-refractivity contribution in [1.82, 2.24) is 15.3 Å². The number of benzene rings is 2. The summed E-state index contributed by atoms with van der Waals surface area (Å²) in [6.45, 7) is 5.43. The van der Waals surface area contributed by atoms with Crippen LogP contribution in [0.2, 0.25) is 0 Å². The maximum absolute atomic E-state index is 11.3. The van der Waals surface area contributed by atoms with Gasteiger partial charge in [-0.25, -0.2) is 4.98 Å². The molecule has 1 aliphatic rings. The summed E-state index contributed by atoms with van der Waals surface area (Å²) >= 11 is 0. The molecule has 1 aliphatic heterocycles. The van der Waals surface area contributed by atoms with Gasteiger partial charge < -0.3 is 15.5 Å². The molecule has 2 N–H and O–H groups in total. The number of nitrogens with zero attached hydrogens (tertiary/aromatic N) is 3. The van der Waals surface area contributed by atoms with Gasteiger partial charge in [-0.2, -0.15) is 4.98 Å². The molecule has 0 radical (unpaired) electrons. The number of nitrogens with one attached hydrogen (secondary N) is 2. The Morgan fingerprint density at radius 1 is 1.06 bits per heavy atom. The highest BCUT2D eigenvalue weighted by molar-refractivity contribution is 5.75. The second kappa shape index (κ2) is 9.81. The number of amides is 1. The van der Waals surface area contributed by atoms with Gasteiger partial charge in [-0.3, -0.25) is 4.79 Å². The van der Waals surface area contributed by atoms with Gasteiger partial charge >= 0.3 is 0 Å². The van der Waals surface area contributed by atoms with E-state index in [-0.39, 0.29) is 11.9 Å². The molecule has 0 spiro atoms. The van der Waals surface area contributed by atoms with E-state index in [9.17, 15) is 4.79 Å².